The molecular formula is C26H35NO2. The molecule has 4 atom stereocenters. The van der Waals surface area contributed by atoms with Gasteiger partial charge in [-0.05, 0) is 81.3 Å². The average molecular weight is 394 g/mol. The number of carbonyl (C=O) groups is 1. The minimum Gasteiger partial charge on any atom is -0.469 e. The number of H-pyrrole nitrogens is 1. The van der Waals surface area contributed by atoms with Gasteiger partial charge in [0.05, 0.1) is 12.5 Å². The number of nitrogens with one attached hydrogen (secondary N) is 1. The number of hydrogen-bond acceptors (Lipinski definition) is 2. The van der Waals surface area contributed by atoms with Gasteiger partial charge in [-0.15, -0.1) is 0 Å². The number of fused-ring (bicyclic) bond motifs is 2. The number of esters is 1. The number of aromatic amines is 1. The molecule has 156 valence electrons. The van der Waals surface area contributed by atoms with Crippen LogP contribution in [0.5, 0.6) is 0 Å². The first kappa shape index (κ1) is 20.3. The molecule has 3 nitrogen and oxygen atoms in total. The van der Waals surface area contributed by atoms with E-state index in [0.717, 1.165) is 32.1 Å². The second-order valence-corrected chi connectivity index (χ2v) is 9.96. The SMILES string of the molecule is COC(=O)[C@@]1(C)CCC=C2[C@@H]1CC[C@@H](C)[C@]2(C)Cc1c(C)[nH]c2c(C)cccc12. The van der Waals surface area contributed by atoms with Gasteiger partial charge in [0.2, 0.25) is 0 Å². The predicted octanol–water partition coefficient (Wildman–Crippen LogP) is 6.28. The standard InChI is InChI=1S/C26H35NO2/c1-16-9-7-10-19-20(18(3)27-23(16)19)15-26(5)17(2)12-13-22-21(26)11-8-14-25(22,4)24(28)29-6/h7,9-11,17,22,27H,8,12-15H2,1-6H3/t17-,22+,25+,26+/m1/s1. The van der Waals surface area contributed by atoms with Crippen molar-refractivity contribution in [3.05, 3.63) is 46.7 Å². The molecule has 0 spiro atoms. The van der Waals surface area contributed by atoms with Crippen molar-refractivity contribution < 1.29 is 9.53 Å². The van der Waals surface area contributed by atoms with Gasteiger partial charge in [0, 0.05) is 16.6 Å². The summed E-state index contributed by atoms with van der Waals surface area (Å²) in [6.07, 6.45) is 7.57. The van der Waals surface area contributed by atoms with Crippen molar-refractivity contribution in [2.45, 2.75) is 66.7 Å². The number of para-hydroxylation sites is 1. The quantitative estimate of drug-likeness (QED) is 0.492. The summed E-state index contributed by atoms with van der Waals surface area (Å²) in [5.41, 5.74) is 6.43. The van der Waals surface area contributed by atoms with Gasteiger partial charge in [-0.25, -0.2) is 0 Å². The summed E-state index contributed by atoms with van der Waals surface area (Å²) in [5.74, 6) is 0.834. The number of aryl methyl sites for hydroxylation is 2. The molecular weight excluding hydrogens is 358 g/mol. The van der Waals surface area contributed by atoms with Crippen LogP contribution >= 0.6 is 0 Å². The molecule has 1 heterocycles. The van der Waals surface area contributed by atoms with E-state index in [1.165, 1.54) is 40.4 Å². The first-order chi connectivity index (χ1) is 13.7. The third kappa shape index (κ3) is 2.96. The number of hydrogen-bond donors (Lipinski definition) is 1. The summed E-state index contributed by atoms with van der Waals surface area (Å²) >= 11 is 0. The Hall–Kier alpha value is -2.03. The lowest BCUT2D eigenvalue weighted by Gasteiger charge is -2.53. The Morgan fingerprint density at radius 3 is 2.72 bits per heavy atom. The molecule has 0 bridgehead atoms. The first-order valence-electron chi connectivity index (χ1n) is 11.1. The fourth-order valence-corrected chi connectivity index (χ4v) is 6.21. The van der Waals surface area contributed by atoms with Gasteiger partial charge in [-0.2, -0.15) is 0 Å². The predicted molar refractivity (Wildman–Crippen MR) is 119 cm³/mol. The molecule has 1 aromatic heterocycles. The number of carbonyl (C=O) groups excluding carboxylic acids is 1. The van der Waals surface area contributed by atoms with E-state index in [1.54, 1.807) is 0 Å². The zero-order chi connectivity index (χ0) is 21.0. The fourth-order valence-electron chi connectivity index (χ4n) is 6.21. The van der Waals surface area contributed by atoms with Crippen molar-refractivity contribution >= 4 is 16.9 Å². The Balaban J connectivity index is 1.79. The van der Waals surface area contributed by atoms with Crippen molar-refractivity contribution in [3.63, 3.8) is 0 Å². The Bertz CT molecular complexity index is 984. The molecule has 2 aromatic rings. The molecule has 0 radical (unpaired) electrons. The highest BCUT2D eigenvalue weighted by Crippen LogP contribution is 2.58. The monoisotopic (exact) mass is 393 g/mol. The lowest BCUT2D eigenvalue weighted by molar-refractivity contribution is -0.156. The van der Waals surface area contributed by atoms with Crippen molar-refractivity contribution in [2.75, 3.05) is 7.11 Å². The van der Waals surface area contributed by atoms with Crippen LogP contribution in [0.2, 0.25) is 0 Å². The van der Waals surface area contributed by atoms with Crippen LogP contribution in [0.1, 0.15) is 63.3 Å². The first-order valence-corrected chi connectivity index (χ1v) is 11.1. The Morgan fingerprint density at radius 2 is 2.00 bits per heavy atom. The van der Waals surface area contributed by atoms with Gasteiger partial charge in [0.25, 0.3) is 0 Å². The molecule has 2 aliphatic carbocycles. The molecule has 0 saturated heterocycles. The fraction of sp³-hybridized carbons (Fsp3) is 0.577. The molecule has 0 unspecified atom stereocenters. The number of aromatic nitrogens is 1. The maximum absolute atomic E-state index is 12.8. The van der Waals surface area contributed by atoms with Crippen LogP contribution in [0.4, 0.5) is 0 Å². The lowest BCUT2D eigenvalue weighted by Crippen LogP contribution is -2.48. The second kappa shape index (κ2) is 7.04. The molecule has 29 heavy (non-hydrogen) atoms. The summed E-state index contributed by atoms with van der Waals surface area (Å²) in [6.45, 7) is 11.3. The average Bonchev–Trinajstić information content (AvgIpc) is 3.01. The van der Waals surface area contributed by atoms with Crippen molar-refractivity contribution in [1.29, 1.82) is 0 Å². The van der Waals surface area contributed by atoms with Crippen molar-refractivity contribution in [2.24, 2.45) is 22.7 Å². The molecule has 0 amide bonds. The molecule has 1 fully saturated rings. The molecule has 1 aromatic carbocycles. The summed E-state index contributed by atoms with van der Waals surface area (Å²) in [5, 5.41) is 1.35. The van der Waals surface area contributed by atoms with Gasteiger partial charge in [-0.3, -0.25) is 4.79 Å². The Morgan fingerprint density at radius 1 is 1.24 bits per heavy atom. The number of allylic oxidation sites excluding steroid dienone is 2. The van der Waals surface area contributed by atoms with Crippen LogP contribution in [-0.4, -0.2) is 18.1 Å². The van der Waals surface area contributed by atoms with Crippen LogP contribution in [0.15, 0.2) is 29.8 Å². The summed E-state index contributed by atoms with van der Waals surface area (Å²) in [4.78, 5) is 16.4. The van der Waals surface area contributed by atoms with E-state index < -0.39 is 5.41 Å². The summed E-state index contributed by atoms with van der Waals surface area (Å²) in [7, 11) is 1.54. The molecule has 2 aliphatic rings. The van der Waals surface area contributed by atoms with Crippen LogP contribution in [-0.2, 0) is 16.0 Å². The number of benzene rings is 1. The van der Waals surface area contributed by atoms with E-state index in [2.05, 4.69) is 63.9 Å². The van der Waals surface area contributed by atoms with Crippen molar-refractivity contribution in [1.82, 2.24) is 4.98 Å². The molecule has 0 aliphatic heterocycles. The summed E-state index contributed by atoms with van der Waals surface area (Å²) in [6, 6.07) is 6.59. The molecule has 1 N–H and O–H groups in total. The summed E-state index contributed by atoms with van der Waals surface area (Å²) < 4.78 is 5.26. The van der Waals surface area contributed by atoms with E-state index in [9.17, 15) is 4.79 Å². The minimum atomic E-state index is -0.397. The van der Waals surface area contributed by atoms with Gasteiger partial charge < -0.3 is 9.72 Å². The maximum Gasteiger partial charge on any atom is 0.312 e. The zero-order valence-corrected chi connectivity index (χ0v) is 18.8. The highest BCUT2D eigenvalue weighted by atomic mass is 16.5. The number of methoxy groups -OCH3 is 1. The molecule has 1 saturated carbocycles. The van der Waals surface area contributed by atoms with Gasteiger partial charge in [0.15, 0.2) is 0 Å². The molecule has 4 rings (SSSR count). The zero-order valence-electron chi connectivity index (χ0n) is 18.8. The molecule has 3 heteroatoms. The third-order valence-electron chi connectivity index (χ3n) is 8.37. The van der Waals surface area contributed by atoms with Crippen LogP contribution in [0, 0.1) is 36.5 Å². The van der Waals surface area contributed by atoms with E-state index in [-0.39, 0.29) is 17.3 Å². The largest absolute Gasteiger partial charge is 0.469 e. The topological polar surface area (TPSA) is 42.1 Å². The van der Waals surface area contributed by atoms with Crippen LogP contribution in [0.25, 0.3) is 10.9 Å². The maximum atomic E-state index is 12.8. The minimum absolute atomic E-state index is 0.0381. The van der Waals surface area contributed by atoms with Gasteiger partial charge >= 0.3 is 5.97 Å². The normalized spacial score (nSPS) is 32.0. The van der Waals surface area contributed by atoms with E-state index in [0.29, 0.717) is 5.92 Å². The smallest absolute Gasteiger partial charge is 0.312 e. The van der Waals surface area contributed by atoms with Crippen LogP contribution in [0.3, 0.4) is 0 Å². The Kier molecular flexibility index (Phi) is 4.91. The lowest BCUT2D eigenvalue weighted by atomic mass is 9.51. The Labute approximate surface area is 174 Å². The number of rotatable bonds is 3. The van der Waals surface area contributed by atoms with Crippen molar-refractivity contribution in [3.8, 4) is 0 Å². The van der Waals surface area contributed by atoms with Crippen LogP contribution < -0.4 is 0 Å². The highest BCUT2D eigenvalue weighted by molar-refractivity contribution is 5.87. The second-order valence-electron chi connectivity index (χ2n) is 9.96. The third-order valence-corrected chi connectivity index (χ3v) is 8.37. The number of ether oxygens (including phenoxy) is 1. The van der Waals surface area contributed by atoms with E-state index in [1.807, 2.05) is 0 Å². The highest BCUT2D eigenvalue weighted by Gasteiger charge is 2.53. The van der Waals surface area contributed by atoms with E-state index in [4.69, 9.17) is 4.74 Å². The van der Waals surface area contributed by atoms with Gasteiger partial charge in [-0.1, -0.05) is 43.7 Å². The van der Waals surface area contributed by atoms with Gasteiger partial charge in [0.1, 0.15) is 0 Å². The van der Waals surface area contributed by atoms with E-state index >= 15 is 0 Å².